The Morgan fingerprint density at radius 3 is 2.40 bits per heavy atom. The van der Waals surface area contributed by atoms with E-state index in [1.165, 1.54) is 12.3 Å². The minimum absolute atomic E-state index is 0.0251. The number of rotatable bonds is 6. The van der Waals surface area contributed by atoms with Gasteiger partial charge in [0.05, 0.1) is 0 Å². The molecule has 0 unspecified atom stereocenters. The summed E-state index contributed by atoms with van der Waals surface area (Å²) < 4.78 is 24.4. The molecule has 114 valence electrons. The van der Waals surface area contributed by atoms with Crippen LogP contribution in [-0.4, -0.2) is 36.4 Å². The number of carbonyl (C=O) groups is 1. The summed E-state index contributed by atoms with van der Waals surface area (Å²) in [7, 11) is -3.80. The molecule has 1 rings (SSSR count). The summed E-state index contributed by atoms with van der Waals surface area (Å²) in [6, 6.07) is 1.41. The number of aryl methyl sites for hydroxylation is 1. The van der Waals surface area contributed by atoms with E-state index in [4.69, 9.17) is 5.14 Å². The van der Waals surface area contributed by atoms with Crippen molar-refractivity contribution in [1.29, 1.82) is 0 Å². The van der Waals surface area contributed by atoms with Crippen LogP contribution in [0.2, 0.25) is 0 Å². The van der Waals surface area contributed by atoms with Crippen molar-refractivity contribution in [1.82, 2.24) is 9.47 Å². The number of hydrogen-bond donors (Lipinski definition) is 1. The van der Waals surface area contributed by atoms with Crippen LogP contribution in [0.5, 0.6) is 0 Å². The van der Waals surface area contributed by atoms with Gasteiger partial charge in [-0.15, -0.1) is 0 Å². The molecule has 0 spiro atoms. The molecule has 0 atom stereocenters. The van der Waals surface area contributed by atoms with Crippen molar-refractivity contribution in [2.24, 2.45) is 5.14 Å². The normalized spacial score (nSPS) is 11.9. The largest absolute Gasteiger partial charge is 0.342 e. The van der Waals surface area contributed by atoms with Gasteiger partial charge in [-0.2, -0.15) is 0 Å². The van der Waals surface area contributed by atoms with Crippen LogP contribution >= 0.6 is 0 Å². The molecule has 0 aliphatic carbocycles. The summed E-state index contributed by atoms with van der Waals surface area (Å²) in [6.07, 6.45) is 2.26. The van der Waals surface area contributed by atoms with Crippen LogP contribution in [0.15, 0.2) is 17.2 Å². The molecule has 0 fully saturated rings. The van der Waals surface area contributed by atoms with Crippen molar-refractivity contribution < 1.29 is 13.2 Å². The second-order valence-corrected chi connectivity index (χ2v) is 6.55. The van der Waals surface area contributed by atoms with Crippen molar-refractivity contribution in [3.05, 3.63) is 18.0 Å². The smallest absolute Gasteiger partial charge is 0.270 e. The van der Waals surface area contributed by atoms with Crippen LogP contribution in [0.1, 0.15) is 44.6 Å². The number of nitrogens with two attached hydrogens (primary N) is 1. The Labute approximate surface area is 120 Å². The lowest BCUT2D eigenvalue weighted by Crippen LogP contribution is -2.38. The predicted octanol–water partition coefficient (Wildman–Crippen LogP) is 1.42. The van der Waals surface area contributed by atoms with Crippen LogP contribution in [0.4, 0.5) is 0 Å². The van der Waals surface area contributed by atoms with E-state index >= 15 is 0 Å². The van der Waals surface area contributed by atoms with Gasteiger partial charge in [0.25, 0.3) is 5.91 Å². The number of carbonyl (C=O) groups excluding carboxylic acids is 1. The van der Waals surface area contributed by atoms with Crippen molar-refractivity contribution in [3.8, 4) is 0 Å². The van der Waals surface area contributed by atoms with E-state index in [0.29, 0.717) is 18.8 Å². The zero-order valence-electron chi connectivity index (χ0n) is 12.5. The summed E-state index contributed by atoms with van der Waals surface area (Å²) in [5.74, 6) is -0.168. The summed E-state index contributed by atoms with van der Waals surface area (Å²) >= 11 is 0. The summed E-state index contributed by atoms with van der Waals surface area (Å²) in [4.78, 5) is 14.3. The van der Waals surface area contributed by atoms with Gasteiger partial charge in [-0.25, -0.2) is 13.6 Å². The Hall–Kier alpha value is -1.34. The van der Waals surface area contributed by atoms with Gasteiger partial charge in [0, 0.05) is 25.3 Å². The fourth-order valence-electron chi connectivity index (χ4n) is 2.06. The average Bonchev–Trinajstić information content (AvgIpc) is 2.78. The van der Waals surface area contributed by atoms with Gasteiger partial charge >= 0.3 is 0 Å². The third kappa shape index (κ3) is 3.61. The monoisotopic (exact) mass is 301 g/mol. The quantitative estimate of drug-likeness (QED) is 0.862. The molecule has 1 aromatic rings. The van der Waals surface area contributed by atoms with E-state index in [1.54, 1.807) is 9.47 Å². The Kier molecular flexibility index (Phi) is 5.35. The van der Waals surface area contributed by atoms with E-state index in [-0.39, 0.29) is 16.8 Å². The molecule has 1 amide bonds. The zero-order chi connectivity index (χ0) is 15.5. The minimum Gasteiger partial charge on any atom is -0.342 e. The van der Waals surface area contributed by atoms with Gasteiger partial charge in [0.15, 0.2) is 0 Å². The average molecular weight is 301 g/mol. The first-order valence-electron chi connectivity index (χ1n) is 6.76. The van der Waals surface area contributed by atoms with Gasteiger partial charge in [0.1, 0.15) is 10.6 Å². The lowest BCUT2D eigenvalue weighted by atomic mass is 10.2. The van der Waals surface area contributed by atoms with Crippen molar-refractivity contribution in [2.45, 2.75) is 51.6 Å². The third-order valence-corrected chi connectivity index (χ3v) is 3.99. The summed E-state index contributed by atoms with van der Waals surface area (Å²) in [5.41, 5.74) is 0.360. The van der Waals surface area contributed by atoms with Gasteiger partial charge in [-0.3, -0.25) is 4.79 Å². The predicted molar refractivity (Wildman–Crippen MR) is 77.9 cm³/mol. The molecule has 0 bridgehead atoms. The van der Waals surface area contributed by atoms with E-state index in [1.807, 2.05) is 27.7 Å². The van der Waals surface area contributed by atoms with Crippen LogP contribution in [0, 0.1) is 0 Å². The molecular weight excluding hydrogens is 278 g/mol. The van der Waals surface area contributed by atoms with Crippen molar-refractivity contribution >= 4 is 15.9 Å². The first-order valence-corrected chi connectivity index (χ1v) is 8.30. The summed E-state index contributed by atoms with van der Waals surface area (Å²) in [5, 5.41) is 5.12. The number of primary sulfonamides is 1. The number of hydrogen-bond acceptors (Lipinski definition) is 3. The van der Waals surface area contributed by atoms with Gasteiger partial charge in [-0.05, 0) is 33.3 Å². The summed E-state index contributed by atoms with van der Waals surface area (Å²) in [6.45, 7) is 8.87. The number of amides is 1. The molecule has 0 radical (unpaired) electrons. The molecule has 6 nitrogen and oxygen atoms in total. The molecule has 1 aromatic heterocycles. The lowest BCUT2D eigenvalue weighted by Gasteiger charge is -2.26. The number of nitrogens with zero attached hydrogens (tertiary/aromatic N) is 2. The molecule has 0 aliphatic heterocycles. The molecule has 0 aromatic carbocycles. The van der Waals surface area contributed by atoms with Crippen molar-refractivity contribution in [2.75, 3.05) is 6.54 Å². The Bertz CT molecular complexity index is 576. The number of aromatic nitrogens is 1. The maximum Gasteiger partial charge on any atom is 0.270 e. The van der Waals surface area contributed by atoms with E-state index in [2.05, 4.69) is 0 Å². The third-order valence-electron chi connectivity index (χ3n) is 3.11. The topological polar surface area (TPSA) is 85.4 Å². The highest BCUT2D eigenvalue weighted by molar-refractivity contribution is 7.89. The molecular formula is C13H23N3O3S. The molecule has 0 aliphatic rings. The highest BCUT2D eigenvalue weighted by Gasteiger charge is 2.23. The van der Waals surface area contributed by atoms with Gasteiger partial charge in [0.2, 0.25) is 10.0 Å². The second-order valence-electron chi connectivity index (χ2n) is 4.98. The van der Waals surface area contributed by atoms with E-state index in [9.17, 15) is 13.2 Å². The molecule has 7 heteroatoms. The minimum atomic E-state index is -3.80. The Morgan fingerprint density at radius 1 is 1.40 bits per heavy atom. The number of sulfonamides is 1. The van der Waals surface area contributed by atoms with Gasteiger partial charge in [-0.1, -0.05) is 6.92 Å². The molecule has 2 N–H and O–H groups in total. The van der Waals surface area contributed by atoms with Crippen LogP contribution < -0.4 is 5.14 Å². The van der Waals surface area contributed by atoms with Gasteiger partial charge < -0.3 is 9.47 Å². The van der Waals surface area contributed by atoms with Crippen LogP contribution in [-0.2, 0) is 16.6 Å². The maximum atomic E-state index is 12.6. The lowest BCUT2D eigenvalue weighted by molar-refractivity contribution is 0.0695. The van der Waals surface area contributed by atoms with Crippen molar-refractivity contribution in [3.63, 3.8) is 0 Å². The standard InChI is InChI=1S/C13H23N3O3S/c1-5-7-16(10(3)4)13(17)12-8-11(20(14,18)19)9-15(12)6-2/h8-10H,5-7H2,1-4H3,(H2,14,18,19). The molecule has 0 saturated heterocycles. The zero-order valence-corrected chi connectivity index (χ0v) is 13.3. The fraction of sp³-hybridized carbons (Fsp3) is 0.615. The fourth-order valence-corrected chi connectivity index (χ4v) is 2.61. The van der Waals surface area contributed by atoms with E-state index < -0.39 is 10.0 Å². The highest BCUT2D eigenvalue weighted by Crippen LogP contribution is 2.16. The second kappa shape index (κ2) is 6.41. The maximum absolute atomic E-state index is 12.6. The Balaban J connectivity index is 3.24. The SMILES string of the molecule is CCCN(C(=O)c1cc(S(N)(=O)=O)cn1CC)C(C)C. The highest BCUT2D eigenvalue weighted by atomic mass is 32.2. The molecule has 20 heavy (non-hydrogen) atoms. The van der Waals surface area contributed by atoms with Crippen LogP contribution in [0.25, 0.3) is 0 Å². The molecule has 0 saturated carbocycles. The molecule has 1 heterocycles. The first-order chi connectivity index (χ1) is 9.22. The van der Waals surface area contributed by atoms with E-state index in [0.717, 1.165) is 6.42 Å². The Morgan fingerprint density at radius 2 is 2.00 bits per heavy atom. The first kappa shape index (κ1) is 16.7. The van der Waals surface area contributed by atoms with Crippen LogP contribution in [0.3, 0.4) is 0 Å².